The van der Waals surface area contributed by atoms with Crippen LogP contribution < -0.4 is 16.6 Å². The standard InChI is InChI=1S/C13H16F3N3O2/c14-13(15,16)8-5-10(12(21)18-6-8)19-11(20)7-2-1-3-9(17)4-7/h5-7,9H,1-4,17H2,(H,18,21)(H,19,20). The number of H-pyrrole nitrogens is 1. The van der Waals surface area contributed by atoms with Crippen LogP contribution in [0.3, 0.4) is 0 Å². The van der Waals surface area contributed by atoms with E-state index in [1.54, 1.807) is 0 Å². The van der Waals surface area contributed by atoms with Gasteiger partial charge in [0.1, 0.15) is 5.69 Å². The molecule has 1 saturated carbocycles. The zero-order valence-electron chi connectivity index (χ0n) is 11.2. The van der Waals surface area contributed by atoms with Crippen molar-refractivity contribution in [1.29, 1.82) is 0 Å². The van der Waals surface area contributed by atoms with Crippen molar-refractivity contribution in [3.8, 4) is 0 Å². The number of aromatic amines is 1. The van der Waals surface area contributed by atoms with E-state index in [0.29, 0.717) is 25.1 Å². The summed E-state index contributed by atoms with van der Waals surface area (Å²) < 4.78 is 37.8. The molecule has 1 fully saturated rings. The van der Waals surface area contributed by atoms with Crippen LogP contribution in [-0.4, -0.2) is 16.9 Å². The van der Waals surface area contributed by atoms with E-state index in [0.717, 1.165) is 12.8 Å². The molecular weight excluding hydrogens is 287 g/mol. The van der Waals surface area contributed by atoms with Gasteiger partial charge in [-0.05, 0) is 25.3 Å². The molecule has 2 atom stereocenters. The molecule has 0 saturated heterocycles. The highest BCUT2D eigenvalue weighted by Crippen LogP contribution is 2.29. The lowest BCUT2D eigenvalue weighted by Crippen LogP contribution is -2.35. The fourth-order valence-electron chi connectivity index (χ4n) is 2.44. The second-order valence-electron chi connectivity index (χ2n) is 5.24. The second kappa shape index (κ2) is 5.88. The van der Waals surface area contributed by atoms with Crippen LogP contribution in [0.2, 0.25) is 0 Å². The Kier molecular flexibility index (Phi) is 4.36. The average molecular weight is 303 g/mol. The van der Waals surface area contributed by atoms with E-state index in [9.17, 15) is 22.8 Å². The number of nitrogens with two attached hydrogens (primary N) is 1. The van der Waals surface area contributed by atoms with Gasteiger partial charge in [-0.1, -0.05) is 6.42 Å². The lowest BCUT2D eigenvalue weighted by Gasteiger charge is -2.25. The number of rotatable bonds is 2. The zero-order chi connectivity index (χ0) is 15.6. The first kappa shape index (κ1) is 15.6. The molecule has 8 heteroatoms. The molecule has 116 valence electrons. The Hall–Kier alpha value is -1.83. The van der Waals surface area contributed by atoms with Gasteiger partial charge in [0, 0.05) is 18.2 Å². The Morgan fingerprint density at radius 3 is 2.71 bits per heavy atom. The minimum absolute atomic E-state index is 0.0886. The minimum atomic E-state index is -4.59. The van der Waals surface area contributed by atoms with Crippen LogP contribution in [0.4, 0.5) is 18.9 Å². The fraction of sp³-hybridized carbons (Fsp3) is 0.538. The molecular formula is C13H16F3N3O2. The molecule has 1 heterocycles. The summed E-state index contributed by atoms with van der Waals surface area (Å²) in [6.45, 7) is 0. The Morgan fingerprint density at radius 2 is 2.10 bits per heavy atom. The maximum atomic E-state index is 12.6. The van der Waals surface area contributed by atoms with Gasteiger partial charge in [0.15, 0.2) is 0 Å². The normalized spacial score (nSPS) is 22.9. The van der Waals surface area contributed by atoms with Gasteiger partial charge >= 0.3 is 6.18 Å². The third-order valence-electron chi connectivity index (χ3n) is 3.57. The van der Waals surface area contributed by atoms with Gasteiger partial charge in [0.2, 0.25) is 5.91 Å². The van der Waals surface area contributed by atoms with Crippen LogP contribution in [0.5, 0.6) is 0 Å². The lowest BCUT2D eigenvalue weighted by molar-refractivity contribution is -0.137. The van der Waals surface area contributed by atoms with Crippen molar-refractivity contribution in [3.63, 3.8) is 0 Å². The first-order valence-corrected chi connectivity index (χ1v) is 6.63. The Balaban J connectivity index is 2.15. The lowest BCUT2D eigenvalue weighted by atomic mass is 9.85. The topological polar surface area (TPSA) is 88.0 Å². The quantitative estimate of drug-likeness (QED) is 0.779. The molecule has 5 nitrogen and oxygen atoms in total. The van der Waals surface area contributed by atoms with Gasteiger partial charge in [-0.25, -0.2) is 0 Å². The largest absolute Gasteiger partial charge is 0.417 e. The first-order chi connectivity index (χ1) is 9.77. The minimum Gasteiger partial charge on any atom is -0.328 e. The van der Waals surface area contributed by atoms with E-state index in [2.05, 4.69) is 5.32 Å². The summed E-state index contributed by atoms with van der Waals surface area (Å²) in [6.07, 6.45) is -1.30. The maximum Gasteiger partial charge on any atom is 0.417 e. The number of halogens is 3. The smallest absolute Gasteiger partial charge is 0.328 e. The molecule has 4 N–H and O–H groups in total. The number of hydrogen-bond acceptors (Lipinski definition) is 3. The number of anilines is 1. The van der Waals surface area contributed by atoms with Gasteiger partial charge < -0.3 is 16.0 Å². The molecule has 2 rings (SSSR count). The Bertz CT molecular complexity index is 583. The van der Waals surface area contributed by atoms with Crippen LogP contribution in [0.25, 0.3) is 0 Å². The number of carbonyl (C=O) groups is 1. The van der Waals surface area contributed by atoms with Crippen molar-refractivity contribution in [3.05, 3.63) is 28.2 Å². The first-order valence-electron chi connectivity index (χ1n) is 6.63. The molecule has 2 unspecified atom stereocenters. The predicted molar refractivity (Wildman–Crippen MR) is 70.6 cm³/mol. The third kappa shape index (κ3) is 3.84. The molecule has 1 aromatic heterocycles. The summed E-state index contributed by atoms with van der Waals surface area (Å²) in [5.74, 6) is -0.835. The van der Waals surface area contributed by atoms with Gasteiger partial charge in [-0.2, -0.15) is 13.2 Å². The number of carbonyl (C=O) groups excluding carboxylic acids is 1. The highest BCUT2D eigenvalue weighted by atomic mass is 19.4. The average Bonchev–Trinajstić information content (AvgIpc) is 2.40. The second-order valence-corrected chi connectivity index (χ2v) is 5.24. The van der Waals surface area contributed by atoms with Gasteiger partial charge in [-0.15, -0.1) is 0 Å². The summed E-state index contributed by atoms with van der Waals surface area (Å²) in [6, 6.07) is 0.550. The highest BCUT2D eigenvalue weighted by molar-refractivity contribution is 5.92. The molecule has 1 aliphatic rings. The monoisotopic (exact) mass is 303 g/mol. The van der Waals surface area contributed by atoms with E-state index in [1.807, 2.05) is 4.98 Å². The number of alkyl halides is 3. The summed E-state index contributed by atoms with van der Waals surface area (Å²) in [5.41, 5.74) is 3.59. The summed E-state index contributed by atoms with van der Waals surface area (Å²) >= 11 is 0. The van der Waals surface area contributed by atoms with Crippen molar-refractivity contribution in [2.45, 2.75) is 37.9 Å². The van der Waals surface area contributed by atoms with E-state index in [1.165, 1.54) is 0 Å². The SMILES string of the molecule is NC1CCCC(C(=O)Nc2cc(C(F)(F)F)c[nH]c2=O)C1. The highest BCUT2D eigenvalue weighted by Gasteiger charge is 2.32. The number of pyridine rings is 1. The van der Waals surface area contributed by atoms with E-state index in [4.69, 9.17) is 5.73 Å². The molecule has 1 amide bonds. The third-order valence-corrected chi connectivity index (χ3v) is 3.57. The van der Waals surface area contributed by atoms with Crippen molar-refractivity contribution in [2.24, 2.45) is 11.7 Å². The molecule has 0 aliphatic heterocycles. The molecule has 0 bridgehead atoms. The molecule has 0 radical (unpaired) electrons. The summed E-state index contributed by atoms with van der Waals surface area (Å²) in [5, 5.41) is 2.27. The van der Waals surface area contributed by atoms with Crippen molar-refractivity contribution in [1.82, 2.24) is 4.98 Å². The fourth-order valence-corrected chi connectivity index (χ4v) is 2.44. The Morgan fingerprint density at radius 1 is 1.38 bits per heavy atom. The molecule has 21 heavy (non-hydrogen) atoms. The van der Waals surface area contributed by atoms with Crippen molar-refractivity contribution < 1.29 is 18.0 Å². The molecule has 1 aromatic rings. The summed E-state index contributed by atoms with van der Waals surface area (Å²) in [4.78, 5) is 25.5. The Labute approximate surface area is 118 Å². The van der Waals surface area contributed by atoms with E-state index >= 15 is 0 Å². The number of hydrogen-bond donors (Lipinski definition) is 3. The molecule has 0 spiro atoms. The van der Waals surface area contributed by atoms with Gasteiger partial charge in [0.25, 0.3) is 5.56 Å². The van der Waals surface area contributed by atoms with E-state index < -0.39 is 28.9 Å². The molecule has 0 aromatic carbocycles. The number of aromatic nitrogens is 1. The summed E-state index contributed by atoms with van der Waals surface area (Å²) in [7, 11) is 0. The van der Waals surface area contributed by atoms with Crippen LogP contribution in [0.1, 0.15) is 31.2 Å². The number of nitrogens with one attached hydrogen (secondary N) is 2. The van der Waals surface area contributed by atoms with Crippen molar-refractivity contribution >= 4 is 11.6 Å². The predicted octanol–water partition coefficient (Wildman–Crippen LogP) is 1.85. The van der Waals surface area contributed by atoms with E-state index in [-0.39, 0.29) is 12.0 Å². The van der Waals surface area contributed by atoms with Crippen molar-refractivity contribution in [2.75, 3.05) is 5.32 Å². The van der Waals surface area contributed by atoms with Crippen LogP contribution in [-0.2, 0) is 11.0 Å². The maximum absolute atomic E-state index is 12.6. The van der Waals surface area contributed by atoms with Crippen LogP contribution in [0, 0.1) is 5.92 Å². The van der Waals surface area contributed by atoms with Gasteiger partial charge in [0.05, 0.1) is 5.56 Å². The zero-order valence-corrected chi connectivity index (χ0v) is 11.2. The van der Waals surface area contributed by atoms with Crippen LogP contribution in [0.15, 0.2) is 17.1 Å². The molecule has 1 aliphatic carbocycles. The number of amides is 1. The van der Waals surface area contributed by atoms with Gasteiger partial charge in [-0.3, -0.25) is 9.59 Å². The van der Waals surface area contributed by atoms with Crippen LogP contribution >= 0.6 is 0 Å².